The van der Waals surface area contributed by atoms with Crippen LogP contribution in [0.15, 0.2) is 24.3 Å². The fraction of sp³-hybridized carbons (Fsp3) is 0.600. The Morgan fingerprint density at radius 3 is 2.06 bits per heavy atom. The van der Waals surface area contributed by atoms with E-state index in [4.69, 9.17) is 16.3 Å². The zero-order chi connectivity index (χ0) is 25.0. The Bertz CT molecular complexity index is 807. The molecule has 1 saturated heterocycles. The van der Waals surface area contributed by atoms with E-state index in [-0.39, 0.29) is 38.4 Å². The molecule has 1 aliphatic rings. The Hall–Kier alpha value is -2.37. The maximum Gasteiger partial charge on any atom is 0.434 e. The van der Waals surface area contributed by atoms with Crippen molar-refractivity contribution in [1.82, 2.24) is 10.2 Å². The van der Waals surface area contributed by atoms with Gasteiger partial charge in [-0.15, -0.1) is 0 Å². The van der Waals surface area contributed by atoms with Crippen molar-refractivity contribution in [2.45, 2.75) is 50.7 Å². The average Bonchev–Trinajstić information content (AvgIpc) is 2.70. The second-order valence-corrected chi connectivity index (χ2v) is 8.49. The van der Waals surface area contributed by atoms with Gasteiger partial charge in [-0.2, -0.15) is 26.3 Å². The molecule has 0 saturated carbocycles. The summed E-state index contributed by atoms with van der Waals surface area (Å²) in [5, 5.41) is 3.22. The number of likely N-dealkylation sites (tertiary alicyclic amines) is 1. The maximum atomic E-state index is 12.6. The van der Waals surface area contributed by atoms with Crippen molar-refractivity contribution in [3.05, 3.63) is 29.3 Å². The number of rotatable bonds is 6. The highest BCUT2D eigenvalue weighted by Crippen LogP contribution is 2.36. The summed E-state index contributed by atoms with van der Waals surface area (Å²) in [7, 11) is 0. The molecule has 0 aliphatic carbocycles. The van der Waals surface area contributed by atoms with Crippen LogP contribution in [-0.4, -0.2) is 60.6 Å². The highest BCUT2D eigenvalue weighted by molar-refractivity contribution is 6.30. The monoisotopic (exact) mass is 504 g/mol. The first-order chi connectivity index (χ1) is 15.1. The second-order valence-electron chi connectivity index (χ2n) is 8.05. The van der Waals surface area contributed by atoms with E-state index in [1.165, 1.54) is 0 Å². The van der Waals surface area contributed by atoms with Crippen molar-refractivity contribution in [2.24, 2.45) is 5.92 Å². The first-order valence-electron chi connectivity index (χ1n) is 9.91. The number of piperidine rings is 1. The van der Waals surface area contributed by atoms with Gasteiger partial charge in [-0.1, -0.05) is 11.6 Å². The Morgan fingerprint density at radius 2 is 1.58 bits per heavy atom. The van der Waals surface area contributed by atoms with Crippen molar-refractivity contribution < 1.29 is 45.4 Å². The van der Waals surface area contributed by atoms with E-state index in [2.05, 4.69) is 10.1 Å². The van der Waals surface area contributed by atoms with Crippen molar-refractivity contribution in [1.29, 1.82) is 0 Å². The lowest BCUT2D eigenvalue weighted by Gasteiger charge is -2.33. The second kappa shape index (κ2) is 10.3. The molecule has 13 heteroatoms. The lowest BCUT2D eigenvalue weighted by Crippen LogP contribution is -2.50. The third-order valence-corrected chi connectivity index (χ3v) is 5.22. The van der Waals surface area contributed by atoms with Gasteiger partial charge < -0.3 is 19.7 Å². The summed E-state index contributed by atoms with van der Waals surface area (Å²) in [5.41, 5.74) is -1.22. The third-order valence-electron chi connectivity index (χ3n) is 4.97. The zero-order valence-corrected chi connectivity index (χ0v) is 18.5. The molecule has 0 bridgehead atoms. The quantitative estimate of drug-likeness (QED) is 0.556. The van der Waals surface area contributed by atoms with Crippen LogP contribution >= 0.6 is 11.6 Å². The summed E-state index contributed by atoms with van der Waals surface area (Å²) in [6.45, 7) is 3.11. The number of amides is 2. The molecule has 6 nitrogen and oxygen atoms in total. The summed E-state index contributed by atoms with van der Waals surface area (Å²) < 4.78 is 84.7. The van der Waals surface area contributed by atoms with Crippen LogP contribution in [0, 0.1) is 5.92 Å². The van der Waals surface area contributed by atoms with Crippen molar-refractivity contribution in [3.63, 3.8) is 0 Å². The molecule has 1 heterocycles. The minimum Gasteiger partial charge on any atom is -0.478 e. The van der Waals surface area contributed by atoms with Gasteiger partial charge in [0, 0.05) is 24.7 Å². The number of alkyl halides is 6. The molecule has 33 heavy (non-hydrogen) atoms. The Labute approximate surface area is 191 Å². The zero-order valence-electron chi connectivity index (χ0n) is 17.7. The lowest BCUT2D eigenvalue weighted by molar-refractivity contribution is -0.308. The summed E-state index contributed by atoms with van der Waals surface area (Å²) >= 11 is 5.81. The van der Waals surface area contributed by atoms with Crippen molar-refractivity contribution >= 4 is 23.6 Å². The Kier molecular flexibility index (Phi) is 8.36. The molecule has 0 unspecified atom stereocenters. The number of hydrogen-bond donors (Lipinski definition) is 1. The Morgan fingerprint density at radius 1 is 1.06 bits per heavy atom. The molecule has 0 atom stereocenters. The fourth-order valence-electron chi connectivity index (χ4n) is 3.11. The minimum atomic E-state index is -5.77. The van der Waals surface area contributed by atoms with Crippen LogP contribution in [0.25, 0.3) is 0 Å². The number of nitrogens with one attached hydrogen (secondary N) is 1. The van der Waals surface area contributed by atoms with E-state index in [1.54, 1.807) is 38.1 Å². The topological polar surface area (TPSA) is 67.9 Å². The molecule has 1 aromatic carbocycles. The molecule has 1 N–H and O–H groups in total. The molecule has 0 spiro atoms. The van der Waals surface area contributed by atoms with Gasteiger partial charge in [0.05, 0.1) is 0 Å². The molecular formula is C20H23ClF6N2O4. The van der Waals surface area contributed by atoms with Crippen LogP contribution in [0.3, 0.4) is 0 Å². The van der Waals surface area contributed by atoms with Crippen LogP contribution in [0.4, 0.5) is 31.1 Å². The van der Waals surface area contributed by atoms with Crippen LogP contribution < -0.4 is 10.1 Å². The molecular weight excluding hydrogens is 482 g/mol. The van der Waals surface area contributed by atoms with Crippen molar-refractivity contribution in [2.75, 3.05) is 19.6 Å². The van der Waals surface area contributed by atoms with Gasteiger partial charge in [0.2, 0.25) is 0 Å². The van der Waals surface area contributed by atoms with E-state index >= 15 is 0 Å². The third kappa shape index (κ3) is 7.86. The van der Waals surface area contributed by atoms with Gasteiger partial charge in [0.15, 0.2) is 5.60 Å². The summed E-state index contributed by atoms with van der Waals surface area (Å²) in [6, 6.07) is 6.42. The number of carbonyl (C=O) groups is 2. The largest absolute Gasteiger partial charge is 0.478 e. The Balaban J connectivity index is 1.82. The van der Waals surface area contributed by atoms with Crippen LogP contribution in [0.2, 0.25) is 5.02 Å². The lowest BCUT2D eigenvalue weighted by atomic mass is 9.96. The number of carbonyl (C=O) groups excluding carboxylic acids is 2. The van der Waals surface area contributed by atoms with E-state index in [9.17, 15) is 35.9 Å². The predicted octanol–water partition coefficient (Wildman–Crippen LogP) is 4.96. The molecule has 1 aromatic rings. The van der Waals surface area contributed by atoms with E-state index in [1.807, 2.05) is 0 Å². The first kappa shape index (κ1) is 26.9. The van der Waals surface area contributed by atoms with Crippen LogP contribution in [0.1, 0.15) is 26.7 Å². The van der Waals surface area contributed by atoms with E-state index < -0.39 is 36.1 Å². The van der Waals surface area contributed by atoms with Gasteiger partial charge in [-0.25, -0.2) is 4.79 Å². The first-order valence-corrected chi connectivity index (χ1v) is 10.3. The maximum absolute atomic E-state index is 12.6. The molecule has 1 fully saturated rings. The minimum absolute atomic E-state index is 0.105. The van der Waals surface area contributed by atoms with E-state index in [0.717, 1.165) is 4.90 Å². The van der Waals surface area contributed by atoms with Gasteiger partial charge in [0.25, 0.3) is 12.0 Å². The molecule has 1 aliphatic heterocycles. The van der Waals surface area contributed by atoms with Gasteiger partial charge in [-0.05, 0) is 56.9 Å². The highest BCUT2D eigenvalue weighted by Gasteiger charge is 2.60. The van der Waals surface area contributed by atoms with Crippen LogP contribution in [-0.2, 0) is 9.53 Å². The summed E-state index contributed by atoms with van der Waals surface area (Å²) in [6.07, 6.45) is -16.9. The van der Waals surface area contributed by atoms with Gasteiger partial charge >= 0.3 is 18.4 Å². The predicted molar refractivity (Wildman–Crippen MR) is 106 cm³/mol. The van der Waals surface area contributed by atoms with E-state index in [0.29, 0.717) is 10.8 Å². The standard InChI is InChI=1S/C20H23ClF6N2O4/c1-18(2,33-14-5-3-13(21)4-6-14)16(30)28-11-12-7-9-29(10-8-12)17(31)32-15(19(22,23)24)20(25,26)27/h3-6,12,15H,7-11H2,1-2H3,(H,28,30). The molecule has 0 aromatic heterocycles. The molecule has 2 rings (SSSR count). The van der Waals surface area contributed by atoms with Crippen LogP contribution in [0.5, 0.6) is 5.75 Å². The highest BCUT2D eigenvalue weighted by atomic mass is 35.5. The number of halogens is 7. The number of benzene rings is 1. The van der Waals surface area contributed by atoms with Crippen molar-refractivity contribution in [3.8, 4) is 5.75 Å². The average molecular weight is 505 g/mol. The number of ether oxygens (including phenoxy) is 2. The molecule has 0 radical (unpaired) electrons. The molecule has 2 amide bonds. The van der Waals surface area contributed by atoms with Gasteiger partial charge in [0.1, 0.15) is 5.75 Å². The normalized spacial score (nSPS) is 16.0. The molecule has 186 valence electrons. The van der Waals surface area contributed by atoms with Gasteiger partial charge in [-0.3, -0.25) is 4.79 Å². The fourth-order valence-corrected chi connectivity index (χ4v) is 3.23. The summed E-state index contributed by atoms with van der Waals surface area (Å²) in [4.78, 5) is 25.1. The SMILES string of the molecule is CC(C)(Oc1ccc(Cl)cc1)C(=O)NCC1CCN(C(=O)OC(C(F)(F)F)C(F)(F)F)CC1. The number of hydrogen-bond acceptors (Lipinski definition) is 4. The number of nitrogens with zero attached hydrogens (tertiary/aromatic N) is 1. The summed E-state index contributed by atoms with van der Waals surface area (Å²) in [5.74, 6) is -0.120. The smallest absolute Gasteiger partial charge is 0.434 e.